The summed E-state index contributed by atoms with van der Waals surface area (Å²) in [4.78, 5) is 31.5. The second-order valence-corrected chi connectivity index (χ2v) is 15.1. The van der Waals surface area contributed by atoms with Crippen LogP contribution < -0.4 is 19.7 Å². The lowest BCUT2D eigenvalue weighted by atomic mass is 10.0. The molecule has 0 spiro atoms. The van der Waals surface area contributed by atoms with Gasteiger partial charge in [0, 0.05) is 61.9 Å². The quantitative estimate of drug-likeness (QED) is 0.130. The molecular formula is C44H50N8O4. The molecule has 0 unspecified atom stereocenters. The summed E-state index contributed by atoms with van der Waals surface area (Å²) in [5.74, 6) is 3.13. The van der Waals surface area contributed by atoms with Gasteiger partial charge in [0.1, 0.15) is 28.7 Å². The molecule has 2 aromatic carbocycles. The summed E-state index contributed by atoms with van der Waals surface area (Å²) >= 11 is 0. The van der Waals surface area contributed by atoms with Crippen molar-refractivity contribution < 1.29 is 19.0 Å². The van der Waals surface area contributed by atoms with Gasteiger partial charge in [0.2, 0.25) is 0 Å². The van der Waals surface area contributed by atoms with E-state index in [0.29, 0.717) is 32.0 Å². The van der Waals surface area contributed by atoms with Crippen LogP contribution in [0.3, 0.4) is 0 Å². The average molecular weight is 755 g/mol. The van der Waals surface area contributed by atoms with Crippen LogP contribution in [0.2, 0.25) is 0 Å². The number of carbonyl (C=O) groups is 1. The van der Waals surface area contributed by atoms with E-state index < -0.39 is 5.60 Å². The van der Waals surface area contributed by atoms with E-state index in [4.69, 9.17) is 29.3 Å². The van der Waals surface area contributed by atoms with Gasteiger partial charge in [-0.25, -0.2) is 14.8 Å². The highest BCUT2D eigenvalue weighted by atomic mass is 16.6. The summed E-state index contributed by atoms with van der Waals surface area (Å²) in [5.41, 5.74) is 5.57. The molecule has 12 nitrogen and oxygen atoms in total. The molecule has 1 saturated heterocycles. The zero-order valence-electron chi connectivity index (χ0n) is 33.0. The molecule has 1 aliphatic heterocycles. The van der Waals surface area contributed by atoms with Gasteiger partial charge in [-0.3, -0.25) is 9.67 Å². The van der Waals surface area contributed by atoms with Crippen LogP contribution in [0.5, 0.6) is 11.5 Å². The fourth-order valence-electron chi connectivity index (χ4n) is 7.04. The third-order valence-corrected chi connectivity index (χ3v) is 9.99. The van der Waals surface area contributed by atoms with Crippen molar-refractivity contribution in [3.05, 3.63) is 114 Å². The summed E-state index contributed by atoms with van der Waals surface area (Å²) in [5, 5.41) is 10.1. The number of rotatable bonds is 12. The summed E-state index contributed by atoms with van der Waals surface area (Å²) < 4.78 is 18.5. The first-order valence-corrected chi connectivity index (χ1v) is 19.1. The molecule has 56 heavy (non-hydrogen) atoms. The zero-order chi connectivity index (χ0) is 39.2. The number of nitrogens with one attached hydrogen (secondary N) is 1. The van der Waals surface area contributed by atoms with Gasteiger partial charge in [-0.05, 0) is 105 Å². The van der Waals surface area contributed by atoms with Crippen LogP contribution in [-0.2, 0) is 24.2 Å². The van der Waals surface area contributed by atoms with Gasteiger partial charge >= 0.3 is 6.09 Å². The highest BCUT2D eigenvalue weighted by Crippen LogP contribution is 2.35. The Bertz CT molecular complexity index is 2210. The minimum atomic E-state index is -0.516. The second-order valence-electron chi connectivity index (χ2n) is 15.1. The van der Waals surface area contributed by atoms with E-state index in [2.05, 4.69) is 64.6 Å². The number of benzene rings is 2. The molecule has 4 aromatic heterocycles. The van der Waals surface area contributed by atoms with E-state index in [1.54, 1.807) is 19.1 Å². The number of methoxy groups -OCH3 is 2. The van der Waals surface area contributed by atoms with Gasteiger partial charge in [-0.2, -0.15) is 5.10 Å². The topological polar surface area (TPSA) is 120 Å². The fraction of sp³-hybridized carbons (Fsp3) is 0.341. The normalized spacial score (nSPS) is 13.4. The Hall–Kier alpha value is -6.17. The maximum atomic E-state index is 12.6. The lowest BCUT2D eigenvalue weighted by Gasteiger charge is -2.33. The lowest BCUT2D eigenvalue weighted by molar-refractivity contribution is 0.0184. The Labute approximate surface area is 328 Å². The second kappa shape index (κ2) is 16.7. The predicted molar refractivity (Wildman–Crippen MR) is 220 cm³/mol. The number of carbonyl (C=O) groups excluding carboxylic acids is 1. The van der Waals surface area contributed by atoms with Gasteiger partial charge < -0.3 is 29.3 Å². The Morgan fingerprint density at radius 3 is 2.16 bits per heavy atom. The molecule has 0 saturated carbocycles. The van der Waals surface area contributed by atoms with Crippen LogP contribution in [0.1, 0.15) is 63.3 Å². The maximum absolute atomic E-state index is 12.6. The molecule has 1 amide bonds. The first kappa shape index (κ1) is 38.1. The molecule has 0 aliphatic carbocycles. The number of aryl methyl sites for hydroxylation is 1. The molecule has 290 valence electrons. The maximum Gasteiger partial charge on any atom is 0.410 e. The molecule has 1 N–H and O–H groups in total. The number of anilines is 3. The molecule has 0 atom stereocenters. The fourth-order valence-corrected chi connectivity index (χ4v) is 7.04. The van der Waals surface area contributed by atoms with E-state index >= 15 is 0 Å². The summed E-state index contributed by atoms with van der Waals surface area (Å²) in [6, 6.07) is 22.7. The summed E-state index contributed by atoms with van der Waals surface area (Å²) in [7, 11) is 3.36. The number of nitrogens with zero attached hydrogens (tertiary/aromatic N) is 7. The van der Waals surface area contributed by atoms with Crippen LogP contribution in [0, 0.1) is 0 Å². The van der Waals surface area contributed by atoms with Crippen molar-refractivity contribution in [3.63, 3.8) is 0 Å². The number of aromatic nitrogens is 5. The van der Waals surface area contributed by atoms with E-state index in [9.17, 15) is 4.79 Å². The Kier molecular flexibility index (Phi) is 11.4. The molecule has 12 heteroatoms. The molecular weight excluding hydrogens is 705 g/mol. The predicted octanol–water partition coefficient (Wildman–Crippen LogP) is 8.99. The van der Waals surface area contributed by atoms with Gasteiger partial charge in [0.05, 0.1) is 37.8 Å². The number of likely N-dealkylation sites (tertiary alicyclic amines) is 1. The van der Waals surface area contributed by atoms with Crippen molar-refractivity contribution in [2.45, 2.75) is 71.7 Å². The van der Waals surface area contributed by atoms with E-state index in [-0.39, 0.29) is 12.1 Å². The number of hydrogen-bond acceptors (Lipinski definition) is 10. The minimum absolute atomic E-state index is 0.180. The number of fused-ring (bicyclic) bond motifs is 1. The van der Waals surface area contributed by atoms with E-state index in [1.165, 1.54) is 5.56 Å². The molecule has 5 heterocycles. The number of pyridine rings is 3. The molecule has 7 rings (SSSR count). The van der Waals surface area contributed by atoms with E-state index in [1.807, 2.05) is 80.7 Å². The SMILES string of the molecule is CCc1ccncc1-c1cc2cc(Nc3cnn(C4CCN(C(=O)OC(C)(C)C)CC4)c3)ncc2c(N(Cc2ccc(OC)cc2)Cc2ccc(OC)cc2)n1. The average Bonchev–Trinajstić information content (AvgIpc) is 3.68. The number of hydrogen-bond donors (Lipinski definition) is 1. The third-order valence-electron chi connectivity index (χ3n) is 9.99. The molecule has 0 radical (unpaired) electrons. The van der Waals surface area contributed by atoms with Crippen molar-refractivity contribution in [3.8, 4) is 22.8 Å². The van der Waals surface area contributed by atoms with Crippen LogP contribution in [0.25, 0.3) is 22.0 Å². The van der Waals surface area contributed by atoms with Crippen molar-refractivity contribution in [1.82, 2.24) is 29.6 Å². The smallest absolute Gasteiger partial charge is 0.410 e. The monoisotopic (exact) mass is 754 g/mol. The standard InChI is InChI=1S/C44H50N8O4/c1-7-32-16-19-45-25-38(32)40-22-33-23-41(48-34-24-47-52(29-34)35-17-20-50(21-18-35)43(53)56-44(2,3)4)46-26-39(33)42(49-40)51(27-30-8-12-36(54-5)13-9-30)28-31-10-14-37(55-6)15-11-31/h8-16,19,22-26,29,35H,7,17-18,20-21,27-28H2,1-6H3,(H,46,48). The number of ether oxygens (including phenoxy) is 3. The largest absolute Gasteiger partial charge is 0.497 e. The van der Waals surface area contributed by atoms with Crippen molar-refractivity contribution in [2.75, 3.05) is 37.5 Å². The number of amides is 1. The van der Waals surface area contributed by atoms with Crippen LogP contribution in [0.4, 0.5) is 22.1 Å². The zero-order valence-corrected chi connectivity index (χ0v) is 33.0. The van der Waals surface area contributed by atoms with Gasteiger partial charge in [-0.15, -0.1) is 0 Å². The molecule has 1 aliphatic rings. The Morgan fingerprint density at radius 1 is 0.893 bits per heavy atom. The van der Waals surface area contributed by atoms with Gasteiger partial charge in [-0.1, -0.05) is 31.2 Å². The van der Waals surface area contributed by atoms with Gasteiger partial charge in [0.25, 0.3) is 0 Å². The minimum Gasteiger partial charge on any atom is -0.497 e. The highest BCUT2D eigenvalue weighted by Gasteiger charge is 2.28. The lowest BCUT2D eigenvalue weighted by Crippen LogP contribution is -2.42. The van der Waals surface area contributed by atoms with Crippen molar-refractivity contribution >= 4 is 34.2 Å². The first-order valence-electron chi connectivity index (χ1n) is 19.1. The molecule has 6 aromatic rings. The highest BCUT2D eigenvalue weighted by molar-refractivity contribution is 5.96. The summed E-state index contributed by atoms with van der Waals surface area (Å²) in [6.45, 7) is 10.3. The number of piperidine rings is 1. The van der Waals surface area contributed by atoms with Crippen molar-refractivity contribution in [2.24, 2.45) is 0 Å². The molecule has 1 fully saturated rings. The van der Waals surface area contributed by atoms with Crippen LogP contribution in [0.15, 0.2) is 97.7 Å². The first-order chi connectivity index (χ1) is 27.1. The third kappa shape index (κ3) is 9.02. The van der Waals surface area contributed by atoms with Gasteiger partial charge in [0.15, 0.2) is 0 Å². The Balaban J connectivity index is 1.21. The van der Waals surface area contributed by atoms with Crippen LogP contribution >= 0.6 is 0 Å². The Morgan fingerprint density at radius 2 is 1.55 bits per heavy atom. The van der Waals surface area contributed by atoms with E-state index in [0.717, 1.165) is 75.4 Å². The van der Waals surface area contributed by atoms with Crippen LogP contribution in [-0.4, -0.2) is 68.6 Å². The molecule has 0 bridgehead atoms. The summed E-state index contributed by atoms with van der Waals surface area (Å²) in [6.07, 6.45) is 11.7. The van der Waals surface area contributed by atoms with Crippen molar-refractivity contribution in [1.29, 1.82) is 0 Å².